The average molecular weight is 254 g/mol. The van der Waals surface area contributed by atoms with Crippen LogP contribution in [0.3, 0.4) is 0 Å². The molecule has 0 unspecified atom stereocenters. The Balaban J connectivity index is 3.38. The number of nitrogens with zero attached hydrogens (tertiary/aromatic N) is 1. The van der Waals surface area contributed by atoms with Gasteiger partial charge >= 0.3 is 0 Å². The Labute approximate surface area is 117 Å². The highest BCUT2D eigenvalue weighted by Crippen LogP contribution is 2.16. The van der Waals surface area contributed by atoms with Crippen molar-refractivity contribution in [1.29, 1.82) is 0 Å². The second-order valence-electron chi connectivity index (χ2n) is 5.47. The van der Waals surface area contributed by atoms with Crippen LogP contribution in [0.25, 0.3) is 0 Å². The van der Waals surface area contributed by atoms with E-state index >= 15 is 0 Å². The van der Waals surface area contributed by atoms with Gasteiger partial charge in [-0.15, -0.1) is 0 Å². The van der Waals surface area contributed by atoms with Gasteiger partial charge in [-0.3, -0.25) is 0 Å². The third-order valence-corrected chi connectivity index (χ3v) is 4.36. The van der Waals surface area contributed by atoms with Crippen LogP contribution in [-0.4, -0.2) is 24.1 Å². The van der Waals surface area contributed by atoms with Crippen LogP contribution >= 0.6 is 0 Å². The fraction of sp³-hybridized carbons (Fsp3) is 0.882. The Hall–Kier alpha value is -0.0400. The van der Waals surface area contributed by atoms with Gasteiger partial charge in [-0.2, -0.15) is 0 Å². The van der Waals surface area contributed by atoms with Gasteiger partial charge in [0.2, 0.25) is 0 Å². The zero-order valence-corrected chi connectivity index (χ0v) is 13.2. The zero-order valence-electron chi connectivity index (χ0n) is 13.2. The molecule has 0 aromatic heterocycles. The minimum Gasteiger partial charge on any atom is -0.317 e. The molecule has 1 nitrogen and oxygen atoms in total. The van der Waals surface area contributed by atoms with Gasteiger partial charge in [-0.1, -0.05) is 51.9 Å². The summed E-state index contributed by atoms with van der Waals surface area (Å²) in [7, 11) is 0. The van der Waals surface area contributed by atoms with E-state index in [1.807, 2.05) is 0 Å². The summed E-state index contributed by atoms with van der Waals surface area (Å²) in [5, 5.41) is 0. The average Bonchev–Trinajstić information content (AvgIpc) is 2.42. The lowest BCUT2D eigenvalue weighted by Crippen LogP contribution is -2.44. The molecule has 0 aliphatic carbocycles. The lowest BCUT2D eigenvalue weighted by atomic mass is 10.1. The van der Waals surface area contributed by atoms with Crippen LogP contribution in [-0.2, 0) is 0 Å². The Morgan fingerprint density at radius 3 is 1.61 bits per heavy atom. The molecular weight excluding hydrogens is 218 g/mol. The number of hydrogen-bond donors (Lipinski definition) is 0. The Morgan fingerprint density at radius 1 is 0.722 bits per heavy atom. The van der Waals surface area contributed by atoms with Crippen molar-refractivity contribution in [2.24, 2.45) is 0 Å². The SMILES string of the molecule is [CH2]CCCCCCCCC[CH][N+](CC)(CC)CC. The third kappa shape index (κ3) is 8.13. The maximum atomic E-state index is 3.89. The van der Waals surface area contributed by atoms with Crippen molar-refractivity contribution in [2.75, 3.05) is 19.6 Å². The largest absolute Gasteiger partial charge is 0.317 e. The molecule has 0 aromatic rings. The van der Waals surface area contributed by atoms with Gasteiger partial charge in [0.1, 0.15) is 6.54 Å². The normalized spacial score (nSPS) is 12.0. The van der Waals surface area contributed by atoms with Gasteiger partial charge in [0.15, 0.2) is 0 Å². The van der Waals surface area contributed by atoms with E-state index in [-0.39, 0.29) is 0 Å². The Bertz CT molecular complexity index is 153. The molecule has 0 amide bonds. The van der Waals surface area contributed by atoms with Crippen molar-refractivity contribution in [3.63, 3.8) is 0 Å². The molecule has 0 aliphatic rings. The van der Waals surface area contributed by atoms with Crippen molar-refractivity contribution < 1.29 is 4.48 Å². The molecule has 0 atom stereocenters. The summed E-state index contributed by atoms with van der Waals surface area (Å²) < 4.78 is 1.20. The summed E-state index contributed by atoms with van der Waals surface area (Å²) in [5.74, 6) is 0. The van der Waals surface area contributed by atoms with Crippen LogP contribution in [0.5, 0.6) is 0 Å². The molecule has 18 heavy (non-hydrogen) atoms. The van der Waals surface area contributed by atoms with Gasteiger partial charge in [-0.25, -0.2) is 0 Å². The molecule has 0 saturated carbocycles. The highest BCUT2D eigenvalue weighted by molar-refractivity contribution is 4.56. The third-order valence-electron chi connectivity index (χ3n) is 4.36. The van der Waals surface area contributed by atoms with Crippen molar-refractivity contribution >= 4 is 0 Å². The molecule has 0 aliphatic heterocycles. The summed E-state index contributed by atoms with van der Waals surface area (Å²) in [6.45, 7) is 17.1. The molecule has 0 aromatic carbocycles. The van der Waals surface area contributed by atoms with E-state index in [4.69, 9.17) is 0 Å². The first kappa shape index (κ1) is 18.0. The quantitative estimate of drug-likeness (QED) is 0.306. The Kier molecular flexibility index (Phi) is 12.0. The predicted molar refractivity (Wildman–Crippen MR) is 83.1 cm³/mol. The summed E-state index contributed by atoms with van der Waals surface area (Å²) in [6.07, 6.45) is 12.2. The van der Waals surface area contributed by atoms with Crippen molar-refractivity contribution in [1.82, 2.24) is 0 Å². The van der Waals surface area contributed by atoms with E-state index < -0.39 is 0 Å². The number of hydrogen-bond acceptors (Lipinski definition) is 0. The topological polar surface area (TPSA) is 0 Å². The van der Waals surface area contributed by atoms with Crippen LogP contribution in [0.1, 0.15) is 78.6 Å². The molecule has 0 heterocycles. The highest BCUT2D eigenvalue weighted by atomic mass is 15.3. The van der Waals surface area contributed by atoms with E-state index in [1.165, 1.54) is 75.5 Å². The lowest BCUT2D eigenvalue weighted by molar-refractivity contribution is -0.895. The molecule has 1 heteroatoms. The van der Waals surface area contributed by atoms with Crippen LogP contribution in [0.15, 0.2) is 0 Å². The molecule has 0 N–H and O–H groups in total. The van der Waals surface area contributed by atoms with E-state index in [2.05, 4.69) is 34.2 Å². The fourth-order valence-electron chi connectivity index (χ4n) is 2.63. The molecule has 0 rings (SSSR count). The van der Waals surface area contributed by atoms with Crippen molar-refractivity contribution in [2.45, 2.75) is 78.6 Å². The first-order valence-corrected chi connectivity index (χ1v) is 8.24. The zero-order chi connectivity index (χ0) is 13.7. The summed E-state index contributed by atoms with van der Waals surface area (Å²) in [4.78, 5) is 0. The van der Waals surface area contributed by atoms with Gasteiger partial charge in [-0.05, 0) is 27.2 Å². The van der Waals surface area contributed by atoms with E-state index in [0.29, 0.717) is 0 Å². The van der Waals surface area contributed by atoms with E-state index in [9.17, 15) is 0 Å². The standard InChI is InChI=1S/C17H36N/c1-5-9-10-11-12-13-14-15-16-17-18(6-2,7-3)8-4/h17H,1,5-16H2,2-4H3/q+1. The molecule has 108 valence electrons. The Morgan fingerprint density at radius 2 is 1.17 bits per heavy atom. The first-order valence-electron chi connectivity index (χ1n) is 8.24. The molecule has 2 radical (unpaired) electrons. The van der Waals surface area contributed by atoms with Crippen LogP contribution in [0.4, 0.5) is 0 Å². The molecule has 0 bridgehead atoms. The van der Waals surface area contributed by atoms with Gasteiger partial charge in [0.05, 0.1) is 19.6 Å². The molecular formula is C17H36N+. The fourth-order valence-corrected chi connectivity index (χ4v) is 2.63. The lowest BCUT2D eigenvalue weighted by Gasteiger charge is -2.34. The van der Waals surface area contributed by atoms with Crippen LogP contribution < -0.4 is 0 Å². The predicted octanol–water partition coefficient (Wildman–Crippen LogP) is 5.37. The molecule has 0 fully saturated rings. The number of quaternary nitrogens is 1. The summed E-state index contributed by atoms with van der Waals surface area (Å²) in [6, 6.07) is 0. The number of unbranched alkanes of at least 4 members (excludes halogenated alkanes) is 8. The first-order chi connectivity index (χ1) is 8.74. The van der Waals surface area contributed by atoms with Gasteiger partial charge in [0.25, 0.3) is 0 Å². The minimum atomic E-state index is 1.11. The summed E-state index contributed by atoms with van der Waals surface area (Å²) >= 11 is 0. The number of rotatable bonds is 13. The second-order valence-corrected chi connectivity index (χ2v) is 5.47. The van der Waals surface area contributed by atoms with Crippen molar-refractivity contribution in [3.05, 3.63) is 13.5 Å². The summed E-state index contributed by atoms with van der Waals surface area (Å²) in [5.41, 5.74) is 0. The van der Waals surface area contributed by atoms with E-state index in [1.54, 1.807) is 0 Å². The molecule has 0 saturated heterocycles. The van der Waals surface area contributed by atoms with Gasteiger partial charge < -0.3 is 4.48 Å². The maximum absolute atomic E-state index is 3.89. The van der Waals surface area contributed by atoms with Crippen LogP contribution in [0.2, 0.25) is 0 Å². The molecule has 0 spiro atoms. The van der Waals surface area contributed by atoms with Crippen molar-refractivity contribution in [3.8, 4) is 0 Å². The minimum absolute atomic E-state index is 1.11. The van der Waals surface area contributed by atoms with E-state index in [0.717, 1.165) is 6.42 Å². The monoisotopic (exact) mass is 254 g/mol. The van der Waals surface area contributed by atoms with Gasteiger partial charge in [0, 0.05) is 6.42 Å². The highest BCUT2D eigenvalue weighted by Gasteiger charge is 2.20. The van der Waals surface area contributed by atoms with Crippen LogP contribution in [0, 0.1) is 13.5 Å². The second kappa shape index (κ2) is 12.0. The maximum Gasteiger partial charge on any atom is 0.141 e. The smallest absolute Gasteiger partial charge is 0.141 e.